The van der Waals surface area contributed by atoms with Crippen molar-refractivity contribution in [1.82, 2.24) is 0 Å². The molecule has 0 spiro atoms. The smallest absolute Gasteiger partial charge is 0.306 e. The third kappa shape index (κ3) is 2.46. The van der Waals surface area contributed by atoms with Crippen LogP contribution in [-0.2, 0) is 9.53 Å². The van der Waals surface area contributed by atoms with Crippen molar-refractivity contribution in [3.8, 4) is 0 Å². The van der Waals surface area contributed by atoms with Crippen LogP contribution in [-0.4, -0.2) is 22.8 Å². The minimum Gasteiger partial charge on any atom is -0.459 e. The molecule has 0 aromatic rings. The van der Waals surface area contributed by atoms with Crippen LogP contribution in [0.5, 0.6) is 0 Å². The molecule has 27 heavy (non-hydrogen) atoms. The lowest BCUT2D eigenvalue weighted by molar-refractivity contribution is -0.158. The number of hydrogen-bond acceptors (Lipinski definition) is 3. The SMILES string of the molecule is C[C@]12CC[C@@H]3[C@H](CC=C4C[C@@H](O)CC[C@@]43C)[C@H]1CC[C@H]2[C@@]1(C)CCC(=O)O1. The van der Waals surface area contributed by atoms with Crippen molar-refractivity contribution in [1.29, 1.82) is 0 Å². The molecular weight excluding hydrogens is 336 g/mol. The summed E-state index contributed by atoms with van der Waals surface area (Å²) < 4.78 is 5.92. The van der Waals surface area contributed by atoms with Crippen LogP contribution in [0, 0.1) is 34.5 Å². The van der Waals surface area contributed by atoms with Crippen molar-refractivity contribution in [3.05, 3.63) is 11.6 Å². The standard InChI is InChI=1S/C24H36O3/c1-22-11-8-16(25)14-15(22)4-5-17-18-6-7-20(23(18,2)12-9-19(17)22)24(3)13-10-21(26)27-24/h4,16-20,25H,5-14H2,1-3H3/t16-,17+,18+,19+,20+,22-,23-,24+/m0/s1. The normalized spacial score (nSPS) is 54.6. The van der Waals surface area contributed by atoms with Crippen LogP contribution in [0.4, 0.5) is 0 Å². The Bertz CT molecular complexity index is 683. The first-order chi connectivity index (χ1) is 12.8. The summed E-state index contributed by atoms with van der Waals surface area (Å²) >= 11 is 0. The Kier molecular flexibility index (Phi) is 3.94. The van der Waals surface area contributed by atoms with Gasteiger partial charge in [0.25, 0.3) is 0 Å². The molecule has 5 rings (SSSR count). The van der Waals surface area contributed by atoms with Crippen molar-refractivity contribution < 1.29 is 14.6 Å². The molecule has 0 bridgehead atoms. The summed E-state index contributed by atoms with van der Waals surface area (Å²) in [6.45, 7) is 7.23. The van der Waals surface area contributed by atoms with Crippen molar-refractivity contribution in [2.24, 2.45) is 34.5 Å². The van der Waals surface area contributed by atoms with E-state index in [0.29, 0.717) is 23.2 Å². The van der Waals surface area contributed by atoms with Gasteiger partial charge in [-0.15, -0.1) is 0 Å². The molecule has 0 radical (unpaired) electrons. The molecule has 1 saturated heterocycles. The summed E-state index contributed by atoms with van der Waals surface area (Å²) in [5.41, 5.74) is 1.95. The molecule has 1 aliphatic heterocycles. The van der Waals surface area contributed by atoms with Crippen molar-refractivity contribution >= 4 is 5.97 Å². The van der Waals surface area contributed by atoms with Gasteiger partial charge in [0, 0.05) is 12.3 Å². The van der Waals surface area contributed by atoms with Crippen LogP contribution < -0.4 is 0 Å². The summed E-state index contributed by atoms with van der Waals surface area (Å²) in [5, 5.41) is 10.2. The first-order valence-corrected chi connectivity index (χ1v) is 11.4. The predicted octanol–water partition coefficient (Wildman–Crippen LogP) is 5.02. The predicted molar refractivity (Wildman–Crippen MR) is 105 cm³/mol. The second kappa shape index (κ2) is 5.84. The van der Waals surface area contributed by atoms with E-state index in [0.717, 1.165) is 43.4 Å². The molecule has 0 amide bonds. The summed E-state index contributed by atoms with van der Waals surface area (Å²) in [7, 11) is 0. The Morgan fingerprint density at radius 2 is 1.85 bits per heavy atom. The first-order valence-electron chi connectivity index (χ1n) is 11.4. The number of aliphatic hydroxyl groups is 1. The van der Waals surface area contributed by atoms with Gasteiger partial charge in [0.05, 0.1) is 6.10 Å². The molecule has 1 N–H and O–H groups in total. The number of esters is 1. The quantitative estimate of drug-likeness (QED) is 0.519. The Morgan fingerprint density at radius 3 is 2.59 bits per heavy atom. The van der Waals surface area contributed by atoms with Crippen molar-refractivity contribution in [2.45, 2.75) is 96.7 Å². The van der Waals surface area contributed by atoms with Gasteiger partial charge in [-0.25, -0.2) is 0 Å². The number of fused-ring (bicyclic) bond motifs is 5. The molecule has 5 aliphatic rings. The molecule has 4 fully saturated rings. The van der Waals surface area contributed by atoms with Gasteiger partial charge >= 0.3 is 5.97 Å². The van der Waals surface area contributed by atoms with Crippen molar-refractivity contribution in [3.63, 3.8) is 0 Å². The maximum atomic E-state index is 11.9. The van der Waals surface area contributed by atoms with Crippen LogP contribution >= 0.6 is 0 Å². The molecule has 3 heteroatoms. The van der Waals surface area contributed by atoms with E-state index >= 15 is 0 Å². The molecule has 8 atom stereocenters. The van der Waals surface area contributed by atoms with E-state index in [1.165, 1.54) is 32.1 Å². The van der Waals surface area contributed by atoms with Crippen LogP contribution in [0.25, 0.3) is 0 Å². The van der Waals surface area contributed by atoms with Gasteiger partial charge in [-0.2, -0.15) is 0 Å². The average molecular weight is 373 g/mol. The zero-order chi connectivity index (χ0) is 19.0. The molecule has 4 aliphatic carbocycles. The van der Waals surface area contributed by atoms with E-state index < -0.39 is 0 Å². The monoisotopic (exact) mass is 372 g/mol. The molecule has 150 valence electrons. The summed E-state index contributed by atoms with van der Waals surface area (Å²) in [4.78, 5) is 11.9. The lowest BCUT2D eigenvalue weighted by Gasteiger charge is -2.58. The first kappa shape index (κ1) is 18.2. The number of ether oxygens (including phenoxy) is 1. The van der Waals surface area contributed by atoms with Crippen molar-refractivity contribution in [2.75, 3.05) is 0 Å². The average Bonchev–Trinajstić information content (AvgIpc) is 3.15. The molecule has 0 aromatic carbocycles. The zero-order valence-electron chi connectivity index (χ0n) is 17.3. The third-order valence-corrected chi connectivity index (χ3v) is 9.99. The summed E-state index contributed by atoms with van der Waals surface area (Å²) in [6, 6.07) is 0. The minimum atomic E-state index is -0.234. The Morgan fingerprint density at radius 1 is 1.04 bits per heavy atom. The highest BCUT2D eigenvalue weighted by atomic mass is 16.6. The third-order valence-electron chi connectivity index (χ3n) is 9.99. The molecule has 3 nitrogen and oxygen atoms in total. The van der Waals surface area contributed by atoms with Crippen LogP contribution in [0.2, 0.25) is 0 Å². The Hall–Kier alpha value is -0.830. The highest BCUT2D eigenvalue weighted by Crippen LogP contribution is 2.68. The Labute approximate surface area is 163 Å². The molecular formula is C24H36O3. The molecule has 1 heterocycles. The zero-order valence-corrected chi connectivity index (χ0v) is 17.3. The van der Waals surface area contributed by atoms with Crippen LogP contribution in [0.15, 0.2) is 11.6 Å². The van der Waals surface area contributed by atoms with E-state index in [1.807, 2.05) is 0 Å². The van der Waals surface area contributed by atoms with Gasteiger partial charge in [-0.1, -0.05) is 25.5 Å². The van der Waals surface area contributed by atoms with Gasteiger partial charge in [0.2, 0.25) is 0 Å². The number of cyclic esters (lactones) is 1. The lowest BCUT2D eigenvalue weighted by Crippen LogP contribution is -2.53. The number of rotatable bonds is 1. The topological polar surface area (TPSA) is 46.5 Å². The molecule has 0 unspecified atom stereocenters. The van der Waals surface area contributed by atoms with E-state index in [2.05, 4.69) is 26.8 Å². The fraction of sp³-hybridized carbons (Fsp3) is 0.875. The molecule has 0 aromatic heterocycles. The van der Waals surface area contributed by atoms with Gasteiger partial charge in [-0.3, -0.25) is 4.79 Å². The molecule has 3 saturated carbocycles. The largest absolute Gasteiger partial charge is 0.459 e. The number of carbonyl (C=O) groups excluding carboxylic acids is 1. The number of hydrogen-bond donors (Lipinski definition) is 1. The maximum absolute atomic E-state index is 11.9. The van der Waals surface area contributed by atoms with E-state index in [9.17, 15) is 9.90 Å². The second-order valence-electron chi connectivity index (χ2n) is 11.1. The Balaban J connectivity index is 1.44. The highest BCUT2D eigenvalue weighted by Gasteiger charge is 2.62. The van der Waals surface area contributed by atoms with E-state index in [-0.39, 0.29) is 17.7 Å². The van der Waals surface area contributed by atoms with Gasteiger partial charge in [-0.05, 0) is 93.3 Å². The second-order valence-corrected chi connectivity index (χ2v) is 11.1. The van der Waals surface area contributed by atoms with Gasteiger partial charge < -0.3 is 9.84 Å². The fourth-order valence-corrected chi connectivity index (χ4v) is 8.60. The van der Waals surface area contributed by atoms with Crippen LogP contribution in [0.3, 0.4) is 0 Å². The summed E-state index contributed by atoms with van der Waals surface area (Å²) in [5.74, 6) is 2.85. The minimum absolute atomic E-state index is 0.0109. The van der Waals surface area contributed by atoms with Gasteiger partial charge in [0.1, 0.15) is 5.60 Å². The maximum Gasteiger partial charge on any atom is 0.306 e. The number of aliphatic hydroxyl groups excluding tert-OH is 1. The van der Waals surface area contributed by atoms with E-state index in [4.69, 9.17) is 4.74 Å². The number of allylic oxidation sites excluding steroid dienone is 1. The lowest BCUT2D eigenvalue weighted by atomic mass is 9.46. The number of carbonyl (C=O) groups is 1. The van der Waals surface area contributed by atoms with Crippen LogP contribution in [0.1, 0.15) is 85.0 Å². The highest BCUT2D eigenvalue weighted by molar-refractivity contribution is 5.72. The fourth-order valence-electron chi connectivity index (χ4n) is 8.60. The van der Waals surface area contributed by atoms with E-state index in [1.54, 1.807) is 5.57 Å². The van der Waals surface area contributed by atoms with Gasteiger partial charge in [0.15, 0.2) is 0 Å². The summed E-state index contributed by atoms with van der Waals surface area (Å²) in [6.07, 6.45) is 13.2.